The van der Waals surface area contributed by atoms with Gasteiger partial charge < -0.3 is 10.3 Å². The van der Waals surface area contributed by atoms with Gasteiger partial charge in [0.05, 0.1) is 6.54 Å². The van der Waals surface area contributed by atoms with Crippen molar-refractivity contribution in [2.75, 3.05) is 0 Å². The fourth-order valence-electron chi connectivity index (χ4n) is 2.31. The molecule has 0 spiro atoms. The van der Waals surface area contributed by atoms with Gasteiger partial charge in [-0.2, -0.15) is 0 Å². The molecule has 21 heavy (non-hydrogen) atoms. The number of benzene rings is 1. The topological polar surface area (TPSA) is 62.0 Å². The smallest absolute Gasteiger partial charge is 0.304 e. The molecule has 4 nitrogen and oxygen atoms in total. The SMILES string of the molecule is O=C(NCc1csc(=O)[nH]1)C1CC1c1ccc(F)c(F)c1. The van der Waals surface area contributed by atoms with Gasteiger partial charge in [0.15, 0.2) is 11.6 Å². The fourth-order valence-corrected chi connectivity index (χ4v) is 2.89. The summed E-state index contributed by atoms with van der Waals surface area (Å²) in [5.74, 6) is -2.21. The Morgan fingerprint density at radius 1 is 1.38 bits per heavy atom. The van der Waals surface area contributed by atoms with Gasteiger partial charge in [-0.25, -0.2) is 8.78 Å². The molecule has 1 aliphatic rings. The molecule has 0 radical (unpaired) electrons. The number of aromatic nitrogens is 1. The van der Waals surface area contributed by atoms with Crippen molar-refractivity contribution in [2.45, 2.75) is 18.9 Å². The summed E-state index contributed by atoms with van der Waals surface area (Å²) in [5, 5.41) is 4.38. The minimum Gasteiger partial charge on any atom is -0.350 e. The molecular weight excluding hydrogens is 298 g/mol. The number of amides is 1. The predicted octanol–water partition coefficient (Wildman–Crippen LogP) is 2.13. The Labute approximate surface area is 122 Å². The third-order valence-electron chi connectivity index (χ3n) is 3.52. The Bertz CT molecular complexity index is 741. The van der Waals surface area contributed by atoms with E-state index in [4.69, 9.17) is 0 Å². The Morgan fingerprint density at radius 2 is 2.19 bits per heavy atom. The average molecular weight is 310 g/mol. The largest absolute Gasteiger partial charge is 0.350 e. The average Bonchev–Trinajstić information content (AvgIpc) is 3.15. The zero-order valence-electron chi connectivity index (χ0n) is 10.9. The van der Waals surface area contributed by atoms with E-state index in [1.165, 1.54) is 6.07 Å². The highest BCUT2D eigenvalue weighted by Gasteiger charge is 2.44. The molecule has 0 aliphatic heterocycles. The molecule has 7 heteroatoms. The van der Waals surface area contributed by atoms with E-state index in [2.05, 4.69) is 10.3 Å². The molecule has 1 heterocycles. The highest BCUT2D eigenvalue weighted by atomic mass is 32.1. The lowest BCUT2D eigenvalue weighted by Gasteiger charge is -2.04. The number of aromatic amines is 1. The molecule has 0 saturated heterocycles. The van der Waals surface area contributed by atoms with Gasteiger partial charge in [-0.15, -0.1) is 0 Å². The molecule has 1 aromatic heterocycles. The minimum atomic E-state index is -0.894. The quantitative estimate of drug-likeness (QED) is 0.909. The first-order valence-electron chi connectivity index (χ1n) is 6.44. The molecule has 110 valence electrons. The van der Waals surface area contributed by atoms with Crippen molar-refractivity contribution in [3.05, 3.63) is 56.1 Å². The van der Waals surface area contributed by atoms with E-state index in [1.54, 1.807) is 5.38 Å². The van der Waals surface area contributed by atoms with Crippen LogP contribution in [-0.4, -0.2) is 10.9 Å². The maximum absolute atomic E-state index is 13.2. The van der Waals surface area contributed by atoms with Crippen LogP contribution in [0.15, 0.2) is 28.4 Å². The maximum Gasteiger partial charge on any atom is 0.304 e. The van der Waals surface area contributed by atoms with Gasteiger partial charge >= 0.3 is 4.87 Å². The highest BCUT2D eigenvalue weighted by Crippen LogP contribution is 2.47. The summed E-state index contributed by atoms with van der Waals surface area (Å²) >= 11 is 1.04. The van der Waals surface area contributed by atoms with E-state index < -0.39 is 11.6 Å². The monoisotopic (exact) mass is 310 g/mol. The molecule has 0 bridgehead atoms. The first-order chi connectivity index (χ1) is 10.0. The number of nitrogens with one attached hydrogen (secondary N) is 2. The second kappa shape index (κ2) is 5.40. The molecule has 1 amide bonds. The number of rotatable bonds is 4. The molecular formula is C14H12F2N2O2S. The number of thiazole rings is 1. The van der Waals surface area contributed by atoms with Crippen LogP contribution >= 0.6 is 11.3 Å². The maximum atomic E-state index is 13.2. The predicted molar refractivity (Wildman–Crippen MR) is 74.0 cm³/mol. The van der Waals surface area contributed by atoms with E-state index in [9.17, 15) is 18.4 Å². The lowest BCUT2D eigenvalue weighted by molar-refractivity contribution is -0.122. The molecule has 1 saturated carbocycles. The molecule has 1 aromatic carbocycles. The lowest BCUT2D eigenvalue weighted by atomic mass is 10.1. The summed E-state index contributed by atoms with van der Waals surface area (Å²) in [6, 6.07) is 3.73. The number of halogens is 2. The van der Waals surface area contributed by atoms with Gasteiger partial charge in [0.2, 0.25) is 5.91 Å². The van der Waals surface area contributed by atoms with Crippen LogP contribution in [0, 0.1) is 17.6 Å². The van der Waals surface area contributed by atoms with Crippen LogP contribution in [0.5, 0.6) is 0 Å². The second-order valence-corrected chi connectivity index (χ2v) is 5.86. The van der Waals surface area contributed by atoms with Crippen molar-refractivity contribution in [2.24, 2.45) is 5.92 Å². The summed E-state index contributed by atoms with van der Waals surface area (Å²) in [4.78, 5) is 25.4. The molecule has 2 unspecified atom stereocenters. The Kier molecular flexibility index (Phi) is 3.59. The summed E-state index contributed by atoms with van der Waals surface area (Å²) in [6.07, 6.45) is 0.622. The first-order valence-corrected chi connectivity index (χ1v) is 7.32. The molecule has 1 fully saturated rings. The first kappa shape index (κ1) is 13.9. The Morgan fingerprint density at radius 3 is 2.86 bits per heavy atom. The second-order valence-electron chi connectivity index (χ2n) is 5.01. The summed E-state index contributed by atoms with van der Waals surface area (Å²) in [6.45, 7) is 0.262. The normalized spacial score (nSPS) is 20.3. The van der Waals surface area contributed by atoms with Crippen molar-refractivity contribution in [1.29, 1.82) is 0 Å². The van der Waals surface area contributed by atoms with Crippen molar-refractivity contribution in [1.82, 2.24) is 10.3 Å². The number of hydrogen-bond donors (Lipinski definition) is 2. The van der Waals surface area contributed by atoms with Gasteiger partial charge in [0.25, 0.3) is 0 Å². The van der Waals surface area contributed by atoms with Crippen LogP contribution in [0.1, 0.15) is 23.6 Å². The van der Waals surface area contributed by atoms with E-state index in [-0.39, 0.29) is 29.2 Å². The van der Waals surface area contributed by atoms with Crippen LogP contribution in [0.2, 0.25) is 0 Å². The van der Waals surface area contributed by atoms with Crippen LogP contribution < -0.4 is 10.2 Å². The summed E-state index contributed by atoms with van der Waals surface area (Å²) in [5.41, 5.74) is 1.29. The molecule has 2 atom stereocenters. The van der Waals surface area contributed by atoms with E-state index >= 15 is 0 Å². The lowest BCUT2D eigenvalue weighted by Crippen LogP contribution is -2.25. The van der Waals surface area contributed by atoms with Gasteiger partial charge in [0, 0.05) is 17.0 Å². The summed E-state index contributed by atoms with van der Waals surface area (Å²) < 4.78 is 26.0. The summed E-state index contributed by atoms with van der Waals surface area (Å²) in [7, 11) is 0. The van der Waals surface area contributed by atoms with E-state index in [0.29, 0.717) is 17.7 Å². The number of carbonyl (C=O) groups excluding carboxylic acids is 1. The van der Waals surface area contributed by atoms with E-state index in [1.807, 2.05) is 0 Å². The van der Waals surface area contributed by atoms with Crippen molar-refractivity contribution >= 4 is 17.2 Å². The zero-order valence-corrected chi connectivity index (χ0v) is 11.7. The van der Waals surface area contributed by atoms with Crippen molar-refractivity contribution in [3.8, 4) is 0 Å². The fraction of sp³-hybridized carbons (Fsp3) is 0.286. The number of H-pyrrole nitrogens is 1. The standard InChI is InChI=1S/C14H12F2N2O2S/c15-11-2-1-7(3-12(11)16)9-4-10(9)13(19)17-5-8-6-21-14(20)18-8/h1-3,6,9-10H,4-5H2,(H,17,19)(H,18,20). The van der Waals surface area contributed by atoms with Gasteiger partial charge in [-0.05, 0) is 30.0 Å². The Hall–Kier alpha value is -2.02. The third kappa shape index (κ3) is 3.02. The van der Waals surface area contributed by atoms with Crippen molar-refractivity contribution in [3.63, 3.8) is 0 Å². The van der Waals surface area contributed by atoms with Gasteiger partial charge in [-0.3, -0.25) is 9.59 Å². The highest BCUT2D eigenvalue weighted by molar-refractivity contribution is 7.07. The van der Waals surface area contributed by atoms with Crippen molar-refractivity contribution < 1.29 is 13.6 Å². The zero-order chi connectivity index (χ0) is 15.0. The molecule has 2 aromatic rings. The van der Waals surface area contributed by atoms with Gasteiger partial charge in [0.1, 0.15) is 0 Å². The minimum absolute atomic E-state index is 0.0679. The molecule has 1 aliphatic carbocycles. The number of hydrogen-bond acceptors (Lipinski definition) is 3. The van der Waals surface area contributed by atoms with Crippen LogP contribution in [-0.2, 0) is 11.3 Å². The number of carbonyl (C=O) groups is 1. The van der Waals surface area contributed by atoms with Crippen LogP contribution in [0.4, 0.5) is 8.78 Å². The van der Waals surface area contributed by atoms with E-state index in [0.717, 1.165) is 23.5 Å². The molecule has 2 N–H and O–H groups in total. The van der Waals surface area contributed by atoms with Gasteiger partial charge in [-0.1, -0.05) is 17.4 Å². The molecule has 3 rings (SSSR count). The van der Waals surface area contributed by atoms with Crippen LogP contribution in [0.25, 0.3) is 0 Å². The Balaban J connectivity index is 1.58. The third-order valence-corrected chi connectivity index (χ3v) is 4.24. The van der Waals surface area contributed by atoms with Crippen LogP contribution in [0.3, 0.4) is 0 Å².